The lowest BCUT2D eigenvalue weighted by Gasteiger charge is -2.11. The molecule has 19 heavy (non-hydrogen) atoms. The van der Waals surface area contributed by atoms with E-state index in [1.807, 2.05) is 6.92 Å². The second kappa shape index (κ2) is 5.78. The molecule has 2 rings (SSSR count). The van der Waals surface area contributed by atoms with Gasteiger partial charge in [0, 0.05) is 11.0 Å². The van der Waals surface area contributed by atoms with E-state index in [1.54, 1.807) is 19.4 Å². The van der Waals surface area contributed by atoms with Crippen molar-refractivity contribution in [2.75, 3.05) is 7.11 Å². The first kappa shape index (κ1) is 13.5. The van der Waals surface area contributed by atoms with Crippen molar-refractivity contribution < 1.29 is 13.6 Å². The van der Waals surface area contributed by atoms with Crippen LogP contribution in [0.4, 0.5) is 0 Å². The minimum Gasteiger partial charge on any atom is -0.501 e. The number of furan rings is 1. The molecule has 0 fully saturated rings. The molecule has 0 bridgehead atoms. The minimum absolute atomic E-state index is 0.351. The summed E-state index contributed by atoms with van der Waals surface area (Å²) in [6, 6.07) is 1.79. The van der Waals surface area contributed by atoms with E-state index in [2.05, 4.69) is 6.92 Å². The van der Waals surface area contributed by atoms with Gasteiger partial charge in [0.1, 0.15) is 6.26 Å². The van der Waals surface area contributed by atoms with Crippen LogP contribution in [0.5, 0.6) is 0 Å². The van der Waals surface area contributed by atoms with Gasteiger partial charge >= 0.3 is 5.63 Å². The summed E-state index contributed by atoms with van der Waals surface area (Å²) in [4.78, 5) is 12.1. The van der Waals surface area contributed by atoms with E-state index < -0.39 is 0 Å². The fraction of sp³-hybridized carbons (Fsp3) is 0.400. The lowest BCUT2D eigenvalue weighted by atomic mass is 9.98. The molecule has 2 aromatic rings. The standard InChI is InChI=1S/C15H18O4/c1-4-5-6-11(10(2)17-3)14-12-7-8-18-13(12)9-19-15(14)16/h7-9H,4-6H2,1-3H3/b11-10+. The van der Waals surface area contributed by atoms with Gasteiger partial charge in [0.25, 0.3) is 0 Å². The molecule has 0 spiro atoms. The summed E-state index contributed by atoms with van der Waals surface area (Å²) in [6.07, 6.45) is 5.73. The lowest BCUT2D eigenvalue weighted by molar-refractivity contribution is 0.294. The Balaban J connectivity index is 2.65. The highest BCUT2D eigenvalue weighted by Crippen LogP contribution is 2.29. The van der Waals surface area contributed by atoms with Crippen molar-refractivity contribution in [3.8, 4) is 0 Å². The van der Waals surface area contributed by atoms with Crippen LogP contribution in [-0.4, -0.2) is 7.11 Å². The summed E-state index contributed by atoms with van der Waals surface area (Å²) >= 11 is 0. The Labute approximate surface area is 111 Å². The molecule has 0 amide bonds. The highest BCUT2D eigenvalue weighted by atomic mass is 16.5. The van der Waals surface area contributed by atoms with Gasteiger partial charge in [-0.2, -0.15) is 0 Å². The Morgan fingerprint density at radius 2 is 2.16 bits per heavy atom. The first-order valence-electron chi connectivity index (χ1n) is 6.42. The van der Waals surface area contributed by atoms with Crippen LogP contribution >= 0.6 is 0 Å². The number of ether oxygens (including phenoxy) is 1. The average Bonchev–Trinajstić information content (AvgIpc) is 2.88. The fourth-order valence-corrected chi connectivity index (χ4v) is 2.13. The first-order chi connectivity index (χ1) is 9.19. The molecule has 0 radical (unpaired) electrons. The summed E-state index contributed by atoms with van der Waals surface area (Å²) in [7, 11) is 1.61. The predicted octanol–water partition coefficient (Wildman–Crippen LogP) is 3.95. The number of methoxy groups -OCH3 is 1. The van der Waals surface area contributed by atoms with Gasteiger partial charge in [0.15, 0.2) is 5.58 Å². The SMILES string of the molecule is CCCC/C(=C(/C)OC)c1c(=O)occ2occc12. The summed E-state index contributed by atoms with van der Waals surface area (Å²) in [6.45, 7) is 3.98. The van der Waals surface area contributed by atoms with Crippen molar-refractivity contribution >= 4 is 16.5 Å². The van der Waals surface area contributed by atoms with Crippen molar-refractivity contribution in [3.05, 3.63) is 40.3 Å². The molecule has 0 N–H and O–H groups in total. The Kier molecular flexibility index (Phi) is 4.10. The molecule has 0 aliphatic carbocycles. The van der Waals surface area contributed by atoms with Gasteiger partial charge in [-0.1, -0.05) is 13.3 Å². The van der Waals surface area contributed by atoms with Crippen LogP contribution in [0.3, 0.4) is 0 Å². The monoisotopic (exact) mass is 262 g/mol. The van der Waals surface area contributed by atoms with Gasteiger partial charge in [0.05, 0.1) is 24.7 Å². The average molecular weight is 262 g/mol. The first-order valence-corrected chi connectivity index (χ1v) is 6.42. The van der Waals surface area contributed by atoms with E-state index in [4.69, 9.17) is 13.6 Å². The minimum atomic E-state index is -0.351. The van der Waals surface area contributed by atoms with Gasteiger partial charge in [-0.05, 0) is 25.8 Å². The summed E-state index contributed by atoms with van der Waals surface area (Å²) in [5, 5.41) is 0.777. The second-order valence-corrected chi connectivity index (χ2v) is 4.44. The lowest BCUT2D eigenvalue weighted by Crippen LogP contribution is -2.08. The molecule has 2 heterocycles. The molecule has 0 aliphatic rings. The number of hydrogen-bond acceptors (Lipinski definition) is 4. The molecule has 4 nitrogen and oxygen atoms in total. The smallest absolute Gasteiger partial charge is 0.344 e. The van der Waals surface area contributed by atoms with Crippen molar-refractivity contribution in [2.45, 2.75) is 33.1 Å². The van der Waals surface area contributed by atoms with Gasteiger partial charge < -0.3 is 13.6 Å². The summed E-state index contributed by atoms with van der Waals surface area (Å²) < 4.78 is 15.6. The van der Waals surface area contributed by atoms with Crippen molar-refractivity contribution in [3.63, 3.8) is 0 Å². The third kappa shape index (κ3) is 2.57. The largest absolute Gasteiger partial charge is 0.501 e. The van der Waals surface area contributed by atoms with Crippen molar-refractivity contribution in [2.24, 2.45) is 0 Å². The zero-order chi connectivity index (χ0) is 13.8. The van der Waals surface area contributed by atoms with Crippen LogP contribution in [0.1, 0.15) is 38.7 Å². The van der Waals surface area contributed by atoms with Gasteiger partial charge in [-0.25, -0.2) is 4.79 Å². The highest BCUT2D eigenvalue weighted by Gasteiger charge is 2.17. The van der Waals surface area contributed by atoms with E-state index in [0.29, 0.717) is 11.1 Å². The van der Waals surface area contributed by atoms with Crippen LogP contribution in [-0.2, 0) is 4.74 Å². The Bertz CT molecular complexity index is 645. The molecule has 0 saturated heterocycles. The maximum atomic E-state index is 12.1. The Morgan fingerprint density at radius 1 is 1.37 bits per heavy atom. The van der Waals surface area contributed by atoms with E-state index in [-0.39, 0.29) is 5.63 Å². The molecule has 0 saturated carbocycles. The molecule has 2 aromatic heterocycles. The maximum absolute atomic E-state index is 12.1. The molecule has 0 aromatic carbocycles. The van der Waals surface area contributed by atoms with Crippen LogP contribution in [0.15, 0.2) is 38.0 Å². The summed E-state index contributed by atoms with van der Waals surface area (Å²) in [5.41, 5.74) is 1.67. The summed E-state index contributed by atoms with van der Waals surface area (Å²) in [5.74, 6) is 0.745. The van der Waals surface area contributed by atoms with Crippen molar-refractivity contribution in [1.82, 2.24) is 0 Å². The van der Waals surface area contributed by atoms with E-state index in [1.165, 1.54) is 6.26 Å². The van der Waals surface area contributed by atoms with Crippen LogP contribution < -0.4 is 5.63 Å². The van der Waals surface area contributed by atoms with E-state index >= 15 is 0 Å². The van der Waals surface area contributed by atoms with Crippen LogP contribution in [0.2, 0.25) is 0 Å². The number of allylic oxidation sites excluding steroid dienone is 2. The maximum Gasteiger partial charge on any atom is 0.344 e. The number of fused-ring (bicyclic) bond motifs is 1. The van der Waals surface area contributed by atoms with Gasteiger partial charge in [-0.15, -0.1) is 0 Å². The number of hydrogen-bond donors (Lipinski definition) is 0. The topological polar surface area (TPSA) is 52.6 Å². The number of rotatable bonds is 5. The van der Waals surface area contributed by atoms with Gasteiger partial charge in [-0.3, -0.25) is 0 Å². The molecule has 4 heteroatoms. The molecule has 102 valence electrons. The predicted molar refractivity (Wildman–Crippen MR) is 73.9 cm³/mol. The quantitative estimate of drug-likeness (QED) is 0.765. The third-order valence-corrected chi connectivity index (χ3v) is 3.25. The molecular weight excluding hydrogens is 244 g/mol. The molecule has 0 aliphatic heterocycles. The molecule has 0 atom stereocenters. The Morgan fingerprint density at radius 3 is 2.84 bits per heavy atom. The third-order valence-electron chi connectivity index (χ3n) is 3.25. The van der Waals surface area contributed by atoms with Crippen LogP contribution in [0, 0.1) is 0 Å². The second-order valence-electron chi connectivity index (χ2n) is 4.44. The zero-order valence-corrected chi connectivity index (χ0v) is 11.5. The number of unbranched alkanes of at least 4 members (excludes halogenated alkanes) is 1. The van der Waals surface area contributed by atoms with Crippen LogP contribution in [0.25, 0.3) is 16.5 Å². The Hall–Kier alpha value is -1.97. The fourth-order valence-electron chi connectivity index (χ4n) is 2.13. The van der Waals surface area contributed by atoms with E-state index in [0.717, 1.165) is 36.0 Å². The highest BCUT2D eigenvalue weighted by molar-refractivity contribution is 5.90. The van der Waals surface area contributed by atoms with Crippen molar-refractivity contribution in [1.29, 1.82) is 0 Å². The van der Waals surface area contributed by atoms with Gasteiger partial charge in [0.2, 0.25) is 0 Å². The molecular formula is C15H18O4. The normalized spacial score (nSPS) is 12.6. The van der Waals surface area contributed by atoms with E-state index in [9.17, 15) is 4.79 Å². The zero-order valence-electron chi connectivity index (χ0n) is 11.5. The molecule has 0 unspecified atom stereocenters.